The topological polar surface area (TPSA) is 85.5 Å². The number of aryl methyl sites for hydroxylation is 1. The number of phenols is 1. The fraction of sp³-hybridized carbons (Fsp3) is 0.133. The largest absolute Gasteiger partial charge is 0.507 e. The van der Waals surface area contributed by atoms with Gasteiger partial charge in [-0.25, -0.2) is 4.79 Å². The number of hydrogen-bond acceptors (Lipinski definition) is 6. The average molecular weight is 284 g/mol. The smallest absolute Gasteiger partial charge is 0.342 e. The molecule has 0 fully saturated rings. The van der Waals surface area contributed by atoms with Crippen molar-refractivity contribution in [2.45, 2.75) is 13.5 Å². The van der Waals surface area contributed by atoms with Gasteiger partial charge in [-0.15, -0.1) is 0 Å². The lowest BCUT2D eigenvalue weighted by atomic mass is 10.1. The molecule has 0 atom stereocenters. The number of aromatic nitrogens is 2. The van der Waals surface area contributed by atoms with E-state index in [0.29, 0.717) is 5.82 Å². The van der Waals surface area contributed by atoms with Gasteiger partial charge in [0, 0.05) is 0 Å². The minimum absolute atomic E-state index is 0.102. The van der Waals surface area contributed by atoms with Gasteiger partial charge in [-0.1, -0.05) is 29.4 Å². The highest BCUT2D eigenvalue weighted by Crippen LogP contribution is 2.25. The summed E-state index contributed by atoms with van der Waals surface area (Å²) in [5, 5.41) is 15.2. The van der Waals surface area contributed by atoms with Gasteiger partial charge in [0.1, 0.15) is 11.3 Å². The van der Waals surface area contributed by atoms with E-state index in [1.165, 1.54) is 6.07 Å². The van der Waals surface area contributed by atoms with E-state index in [4.69, 9.17) is 9.26 Å². The van der Waals surface area contributed by atoms with Gasteiger partial charge in [0.2, 0.25) is 0 Å². The van der Waals surface area contributed by atoms with Crippen LogP contribution in [0.25, 0.3) is 10.8 Å². The van der Waals surface area contributed by atoms with Crippen LogP contribution in [0.2, 0.25) is 0 Å². The van der Waals surface area contributed by atoms with Crippen LogP contribution in [-0.4, -0.2) is 21.2 Å². The molecule has 1 N–H and O–H groups in total. The van der Waals surface area contributed by atoms with Gasteiger partial charge in [-0.2, -0.15) is 4.98 Å². The third-order valence-corrected chi connectivity index (χ3v) is 2.98. The van der Waals surface area contributed by atoms with Crippen molar-refractivity contribution in [2.24, 2.45) is 0 Å². The zero-order valence-electron chi connectivity index (χ0n) is 11.2. The van der Waals surface area contributed by atoms with Crippen molar-refractivity contribution in [1.82, 2.24) is 10.1 Å². The third kappa shape index (κ3) is 2.69. The molecule has 0 aliphatic rings. The molecule has 0 aliphatic carbocycles. The highest BCUT2D eigenvalue weighted by Gasteiger charge is 2.15. The number of carbonyl (C=O) groups excluding carboxylic acids is 1. The summed E-state index contributed by atoms with van der Waals surface area (Å²) in [6.45, 7) is 1.54. The van der Waals surface area contributed by atoms with Crippen LogP contribution < -0.4 is 0 Å². The molecule has 21 heavy (non-hydrogen) atoms. The van der Waals surface area contributed by atoms with Gasteiger partial charge in [0.15, 0.2) is 12.4 Å². The molecular weight excluding hydrogens is 272 g/mol. The Hall–Kier alpha value is -2.89. The van der Waals surface area contributed by atoms with E-state index < -0.39 is 5.97 Å². The third-order valence-electron chi connectivity index (χ3n) is 2.98. The van der Waals surface area contributed by atoms with E-state index in [2.05, 4.69) is 10.1 Å². The summed E-state index contributed by atoms with van der Waals surface area (Å²) < 4.78 is 9.91. The molecule has 6 heteroatoms. The maximum atomic E-state index is 12.0. The van der Waals surface area contributed by atoms with Gasteiger partial charge in [0.25, 0.3) is 5.89 Å². The molecule has 1 aromatic heterocycles. The maximum Gasteiger partial charge on any atom is 0.342 e. The zero-order valence-corrected chi connectivity index (χ0v) is 11.2. The molecule has 2 aromatic carbocycles. The van der Waals surface area contributed by atoms with Crippen molar-refractivity contribution in [3.8, 4) is 5.75 Å². The average Bonchev–Trinajstić information content (AvgIpc) is 2.89. The molecular formula is C15H12N2O4. The lowest BCUT2D eigenvalue weighted by molar-refractivity contribution is 0.0427. The van der Waals surface area contributed by atoms with Crippen LogP contribution in [0.15, 0.2) is 40.9 Å². The second kappa shape index (κ2) is 5.24. The standard InChI is InChI=1S/C15H12N2O4/c1-9-16-14(21-17-9)8-20-15(19)12-6-10-4-2-3-5-11(10)7-13(12)18/h2-7,18H,8H2,1H3. The summed E-state index contributed by atoms with van der Waals surface area (Å²) in [4.78, 5) is 15.9. The van der Waals surface area contributed by atoms with Crippen LogP contribution in [0.3, 0.4) is 0 Å². The Kier molecular flexibility index (Phi) is 3.27. The second-order valence-corrected chi connectivity index (χ2v) is 4.53. The first-order chi connectivity index (χ1) is 10.1. The van der Waals surface area contributed by atoms with Crippen molar-refractivity contribution in [3.63, 3.8) is 0 Å². The monoisotopic (exact) mass is 284 g/mol. The summed E-state index contributed by atoms with van der Waals surface area (Å²) >= 11 is 0. The SMILES string of the molecule is Cc1noc(COC(=O)c2cc3ccccc3cc2O)n1. The van der Waals surface area contributed by atoms with Crippen LogP contribution in [0.1, 0.15) is 22.1 Å². The number of rotatable bonds is 3. The Morgan fingerprint density at radius 1 is 1.29 bits per heavy atom. The fourth-order valence-electron chi connectivity index (χ4n) is 2.00. The molecule has 0 unspecified atom stereocenters. The van der Waals surface area contributed by atoms with E-state index in [0.717, 1.165) is 10.8 Å². The molecule has 0 radical (unpaired) electrons. The number of esters is 1. The number of aromatic hydroxyl groups is 1. The van der Waals surface area contributed by atoms with E-state index in [9.17, 15) is 9.90 Å². The number of nitrogens with zero attached hydrogens (tertiary/aromatic N) is 2. The number of hydrogen-bond donors (Lipinski definition) is 1. The molecule has 6 nitrogen and oxygen atoms in total. The Morgan fingerprint density at radius 2 is 2.00 bits per heavy atom. The van der Waals surface area contributed by atoms with Crippen molar-refractivity contribution in [2.75, 3.05) is 0 Å². The van der Waals surface area contributed by atoms with Crippen LogP contribution in [0.5, 0.6) is 5.75 Å². The highest BCUT2D eigenvalue weighted by molar-refractivity contribution is 5.98. The van der Waals surface area contributed by atoms with Crippen LogP contribution >= 0.6 is 0 Å². The summed E-state index contributed by atoms with van der Waals surface area (Å²) in [5.41, 5.74) is 0.102. The molecule has 3 aromatic rings. The molecule has 0 bridgehead atoms. The van der Waals surface area contributed by atoms with E-state index >= 15 is 0 Å². The zero-order chi connectivity index (χ0) is 14.8. The normalized spacial score (nSPS) is 10.7. The van der Waals surface area contributed by atoms with Crippen molar-refractivity contribution < 1.29 is 19.2 Å². The Morgan fingerprint density at radius 3 is 2.67 bits per heavy atom. The first-order valence-corrected chi connectivity index (χ1v) is 6.31. The van der Waals surface area contributed by atoms with Gasteiger partial charge < -0.3 is 14.4 Å². The number of benzene rings is 2. The van der Waals surface area contributed by atoms with E-state index in [1.54, 1.807) is 13.0 Å². The first-order valence-electron chi connectivity index (χ1n) is 6.31. The molecule has 0 saturated heterocycles. The Bertz CT molecular complexity index is 810. The Labute approximate surface area is 120 Å². The minimum atomic E-state index is -0.644. The summed E-state index contributed by atoms with van der Waals surface area (Å²) in [6, 6.07) is 10.5. The number of ether oxygens (including phenoxy) is 1. The van der Waals surface area contributed by atoms with Crippen LogP contribution in [0.4, 0.5) is 0 Å². The van der Waals surface area contributed by atoms with E-state index in [-0.39, 0.29) is 23.8 Å². The fourth-order valence-corrected chi connectivity index (χ4v) is 2.00. The highest BCUT2D eigenvalue weighted by atomic mass is 16.6. The molecule has 0 aliphatic heterocycles. The Balaban J connectivity index is 1.82. The minimum Gasteiger partial charge on any atom is -0.507 e. The number of fused-ring (bicyclic) bond motifs is 1. The van der Waals surface area contributed by atoms with Gasteiger partial charge in [-0.3, -0.25) is 0 Å². The lowest BCUT2D eigenvalue weighted by Gasteiger charge is -2.06. The lowest BCUT2D eigenvalue weighted by Crippen LogP contribution is -2.06. The van der Waals surface area contributed by atoms with Gasteiger partial charge in [-0.05, 0) is 29.8 Å². The molecule has 106 valence electrons. The van der Waals surface area contributed by atoms with Crippen LogP contribution in [0, 0.1) is 6.92 Å². The van der Waals surface area contributed by atoms with Gasteiger partial charge in [0.05, 0.1) is 0 Å². The van der Waals surface area contributed by atoms with Crippen molar-refractivity contribution >= 4 is 16.7 Å². The maximum absolute atomic E-state index is 12.0. The molecule has 0 saturated carbocycles. The van der Waals surface area contributed by atoms with Crippen molar-refractivity contribution in [3.05, 3.63) is 53.7 Å². The number of carbonyl (C=O) groups is 1. The predicted octanol–water partition coefficient (Wildman–Crippen LogP) is 2.59. The van der Waals surface area contributed by atoms with Gasteiger partial charge >= 0.3 is 5.97 Å². The van der Waals surface area contributed by atoms with E-state index in [1.807, 2.05) is 24.3 Å². The van der Waals surface area contributed by atoms with Crippen LogP contribution in [-0.2, 0) is 11.3 Å². The number of phenolic OH excluding ortho intramolecular Hbond substituents is 1. The molecule has 3 rings (SSSR count). The van der Waals surface area contributed by atoms with Crippen molar-refractivity contribution in [1.29, 1.82) is 0 Å². The molecule has 0 spiro atoms. The predicted molar refractivity (Wildman–Crippen MR) is 73.8 cm³/mol. The first kappa shape index (κ1) is 13.1. The quantitative estimate of drug-likeness (QED) is 0.744. The second-order valence-electron chi connectivity index (χ2n) is 4.53. The summed E-state index contributed by atoms with van der Waals surface area (Å²) in [5.74, 6) is -0.0924. The summed E-state index contributed by atoms with van der Waals surface area (Å²) in [6.07, 6.45) is 0. The summed E-state index contributed by atoms with van der Waals surface area (Å²) in [7, 11) is 0. The molecule has 1 heterocycles. The molecule has 0 amide bonds.